The van der Waals surface area contributed by atoms with Crippen LogP contribution in [0.1, 0.15) is 28.8 Å². The molecule has 0 aliphatic heterocycles. The summed E-state index contributed by atoms with van der Waals surface area (Å²) in [6, 6.07) is 3.11. The normalized spacial score (nSPS) is 11.1. The highest BCUT2D eigenvalue weighted by molar-refractivity contribution is 5.76. The minimum atomic E-state index is -4.60. The van der Waals surface area contributed by atoms with Crippen molar-refractivity contribution in [1.29, 1.82) is 0 Å². The molecule has 1 rings (SSSR count). The second-order valence-corrected chi connectivity index (χ2v) is 4.61. The van der Waals surface area contributed by atoms with E-state index in [1.807, 2.05) is 0 Å². The molecule has 0 saturated carbocycles. The molecule has 1 aromatic rings. The minimum absolute atomic E-state index is 0.0108. The maximum atomic E-state index is 12.9. The number of ether oxygens (including phenoxy) is 1. The fraction of sp³-hybridized carbons (Fsp3) is 0.429. The number of carbonyl (C=O) groups is 2. The summed E-state index contributed by atoms with van der Waals surface area (Å²) in [5, 5.41) is 0. The van der Waals surface area contributed by atoms with Gasteiger partial charge in [0, 0.05) is 26.1 Å². The summed E-state index contributed by atoms with van der Waals surface area (Å²) in [6.07, 6.45) is -3.76. The van der Waals surface area contributed by atoms with Gasteiger partial charge in [-0.25, -0.2) is 0 Å². The van der Waals surface area contributed by atoms with Gasteiger partial charge >= 0.3 is 6.18 Å². The number of benzene rings is 1. The van der Waals surface area contributed by atoms with E-state index in [4.69, 9.17) is 4.74 Å². The summed E-state index contributed by atoms with van der Waals surface area (Å²) in [4.78, 5) is 23.3. The second kappa shape index (κ2) is 7.10. The van der Waals surface area contributed by atoms with Gasteiger partial charge in [-0.3, -0.25) is 9.59 Å². The molecule has 0 saturated heterocycles. The zero-order valence-corrected chi connectivity index (χ0v) is 11.7. The molecule has 0 radical (unpaired) electrons. The van der Waals surface area contributed by atoms with Crippen LogP contribution in [0, 0.1) is 0 Å². The van der Waals surface area contributed by atoms with Crippen molar-refractivity contribution in [3.05, 3.63) is 29.3 Å². The van der Waals surface area contributed by atoms with Crippen molar-refractivity contribution >= 4 is 12.2 Å². The van der Waals surface area contributed by atoms with Crippen LogP contribution in [0.4, 0.5) is 13.2 Å². The fourth-order valence-electron chi connectivity index (χ4n) is 1.60. The zero-order valence-electron chi connectivity index (χ0n) is 11.7. The van der Waals surface area contributed by atoms with Gasteiger partial charge < -0.3 is 9.64 Å². The summed E-state index contributed by atoms with van der Waals surface area (Å²) >= 11 is 0. The Labute approximate surface area is 120 Å². The van der Waals surface area contributed by atoms with Gasteiger partial charge in [0.2, 0.25) is 5.91 Å². The third-order valence-electron chi connectivity index (χ3n) is 2.74. The van der Waals surface area contributed by atoms with Crippen LogP contribution in [0.15, 0.2) is 18.2 Å². The lowest BCUT2D eigenvalue weighted by atomic mass is 10.1. The van der Waals surface area contributed by atoms with Crippen LogP contribution in [-0.4, -0.2) is 37.8 Å². The maximum absolute atomic E-state index is 12.9. The molecular formula is C14H16F3NO3. The van der Waals surface area contributed by atoms with Gasteiger partial charge in [-0.1, -0.05) is 0 Å². The molecule has 1 aromatic carbocycles. The van der Waals surface area contributed by atoms with Crippen molar-refractivity contribution in [2.75, 3.05) is 20.7 Å². The van der Waals surface area contributed by atoms with E-state index < -0.39 is 11.7 Å². The highest BCUT2D eigenvalue weighted by Gasteiger charge is 2.34. The lowest BCUT2D eigenvalue weighted by Gasteiger charge is -2.15. The Morgan fingerprint density at radius 3 is 2.52 bits per heavy atom. The second-order valence-electron chi connectivity index (χ2n) is 4.61. The maximum Gasteiger partial charge on any atom is 0.419 e. The third kappa shape index (κ3) is 5.09. The number of aldehydes is 1. The van der Waals surface area contributed by atoms with Crippen molar-refractivity contribution in [3.8, 4) is 5.75 Å². The Hall–Kier alpha value is -2.05. The quantitative estimate of drug-likeness (QED) is 0.599. The van der Waals surface area contributed by atoms with Gasteiger partial charge in [-0.15, -0.1) is 0 Å². The van der Waals surface area contributed by atoms with Crippen LogP contribution < -0.4 is 4.74 Å². The average Bonchev–Trinajstić information content (AvgIpc) is 2.42. The molecule has 7 heteroatoms. The summed E-state index contributed by atoms with van der Waals surface area (Å²) in [7, 11) is 3.20. The molecule has 0 fully saturated rings. The van der Waals surface area contributed by atoms with Gasteiger partial charge in [0.15, 0.2) is 0 Å². The van der Waals surface area contributed by atoms with E-state index in [0.717, 1.165) is 12.1 Å². The lowest BCUT2D eigenvalue weighted by molar-refractivity contribution is -0.139. The van der Waals surface area contributed by atoms with Crippen molar-refractivity contribution in [2.24, 2.45) is 0 Å². The monoisotopic (exact) mass is 303 g/mol. The number of hydrogen-bond donors (Lipinski definition) is 0. The van der Waals surface area contributed by atoms with E-state index in [0.29, 0.717) is 12.7 Å². The van der Waals surface area contributed by atoms with Gasteiger partial charge in [0.25, 0.3) is 0 Å². The first-order valence-electron chi connectivity index (χ1n) is 6.25. The standard InChI is InChI=1S/C14H16F3NO3/c1-18(2)13(20)4-3-7-21-12-6-5-10(9-19)8-11(12)14(15,16)17/h5-6,8-9H,3-4,7H2,1-2H3. The number of hydrogen-bond acceptors (Lipinski definition) is 3. The van der Waals surface area contributed by atoms with Crippen molar-refractivity contribution in [1.82, 2.24) is 4.90 Å². The summed E-state index contributed by atoms with van der Waals surface area (Å²) < 4.78 is 43.6. The Balaban J connectivity index is 2.71. The van der Waals surface area contributed by atoms with Gasteiger partial charge in [-0.05, 0) is 24.6 Å². The van der Waals surface area contributed by atoms with Crippen LogP contribution in [0.5, 0.6) is 5.75 Å². The highest BCUT2D eigenvalue weighted by atomic mass is 19.4. The molecule has 116 valence electrons. The Morgan fingerprint density at radius 2 is 2.00 bits per heavy atom. The summed E-state index contributed by atoms with van der Waals surface area (Å²) in [6.45, 7) is -0.0108. The highest BCUT2D eigenvalue weighted by Crippen LogP contribution is 2.36. The molecule has 0 bridgehead atoms. The smallest absolute Gasteiger partial charge is 0.419 e. The first kappa shape index (κ1) is 17.0. The number of carbonyl (C=O) groups excluding carboxylic acids is 2. The molecule has 0 unspecified atom stereocenters. The van der Waals surface area contributed by atoms with Crippen LogP contribution in [0.2, 0.25) is 0 Å². The van der Waals surface area contributed by atoms with E-state index in [1.54, 1.807) is 14.1 Å². The number of amides is 1. The van der Waals surface area contributed by atoms with Gasteiger partial charge in [0.05, 0.1) is 12.2 Å². The predicted molar refractivity (Wildman–Crippen MR) is 70.3 cm³/mol. The molecular weight excluding hydrogens is 287 g/mol. The number of halogens is 3. The Bertz CT molecular complexity index is 513. The Kier molecular flexibility index (Phi) is 5.75. The van der Waals surface area contributed by atoms with E-state index in [2.05, 4.69) is 0 Å². The van der Waals surface area contributed by atoms with Gasteiger partial charge in [0.1, 0.15) is 12.0 Å². The van der Waals surface area contributed by atoms with Crippen LogP contribution in [0.3, 0.4) is 0 Å². The number of alkyl halides is 3. The molecule has 0 N–H and O–H groups in total. The predicted octanol–water partition coefficient (Wildman–Crippen LogP) is 2.77. The molecule has 0 aromatic heterocycles. The minimum Gasteiger partial charge on any atom is -0.493 e. The van der Waals surface area contributed by atoms with Gasteiger partial charge in [-0.2, -0.15) is 13.2 Å². The Morgan fingerprint density at radius 1 is 1.33 bits per heavy atom. The number of nitrogens with zero attached hydrogens (tertiary/aromatic N) is 1. The summed E-state index contributed by atoms with van der Waals surface area (Å²) in [5.74, 6) is -0.462. The fourth-order valence-corrected chi connectivity index (χ4v) is 1.60. The van der Waals surface area contributed by atoms with Crippen molar-refractivity contribution in [3.63, 3.8) is 0 Å². The molecule has 1 amide bonds. The van der Waals surface area contributed by atoms with Crippen molar-refractivity contribution in [2.45, 2.75) is 19.0 Å². The molecule has 0 aliphatic carbocycles. The first-order chi connectivity index (χ1) is 9.75. The van der Waals surface area contributed by atoms with Crippen LogP contribution >= 0.6 is 0 Å². The first-order valence-corrected chi connectivity index (χ1v) is 6.25. The molecule has 4 nitrogen and oxygen atoms in total. The average molecular weight is 303 g/mol. The molecule has 0 heterocycles. The SMILES string of the molecule is CN(C)C(=O)CCCOc1ccc(C=O)cc1C(F)(F)F. The largest absolute Gasteiger partial charge is 0.493 e. The van der Waals surface area contributed by atoms with E-state index in [1.165, 1.54) is 11.0 Å². The molecule has 0 spiro atoms. The van der Waals surface area contributed by atoms with Crippen molar-refractivity contribution < 1.29 is 27.5 Å². The zero-order chi connectivity index (χ0) is 16.0. The number of rotatable bonds is 6. The van der Waals surface area contributed by atoms with Crippen LogP contribution in [-0.2, 0) is 11.0 Å². The van der Waals surface area contributed by atoms with E-state index in [-0.39, 0.29) is 30.2 Å². The van der Waals surface area contributed by atoms with Crippen LogP contribution in [0.25, 0.3) is 0 Å². The van der Waals surface area contributed by atoms with E-state index >= 15 is 0 Å². The van der Waals surface area contributed by atoms with E-state index in [9.17, 15) is 22.8 Å². The molecule has 21 heavy (non-hydrogen) atoms. The third-order valence-corrected chi connectivity index (χ3v) is 2.74. The summed E-state index contributed by atoms with van der Waals surface area (Å²) in [5.41, 5.74) is -1.07. The topological polar surface area (TPSA) is 46.6 Å². The molecule has 0 atom stereocenters. The lowest BCUT2D eigenvalue weighted by Crippen LogP contribution is -2.21. The molecule has 0 aliphatic rings.